The van der Waals surface area contributed by atoms with Crippen molar-refractivity contribution in [3.05, 3.63) is 23.8 Å². The lowest BCUT2D eigenvalue weighted by Gasteiger charge is -2.11. The number of benzene rings is 1. The summed E-state index contributed by atoms with van der Waals surface area (Å²) in [5.41, 5.74) is 1.70. The van der Waals surface area contributed by atoms with Gasteiger partial charge in [-0.25, -0.2) is 8.42 Å². The van der Waals surface area contributed by atoms with E-state index >= 15 is 0 Å². The Hall–Kier alpha value is -2.09. The molecule has 116 valence electrons. The molecule has 0 saturated heterocycles. The molecule has 0 aliphatic rings. The van der Waals surface area contributed by atoms with Crippen LogP contribution in [0.5, 0.6) is 0 Å². The molecule has 0 aromatic heterocycles. The zero-order valence-electron chi connectivity index (χ0n) is 11.8. The molecule has 1 aromatic rings. The number of nitrogens with one attached hydrogen (secondary N) is 2. The third-order valence-electron chi connectivity index (χ3n) is 2.61. The SMILES string of the molecule is CC(=O)Nc1ccc(NS(=O)(=O)CCCC(=O)O)cc1C. The molecule has 0 radical (unpaired) electrons. The quantitative estimate of drug-likeness (QED) is 0.707. The highest BCUT2D eigenvalue weighted by Crippen LogP contribution is 2.20. The van der Waals surface area contributed by atoms with Gasteiger partial charge in [0.05, 0.1) is 5.75 Å². The van der Waals surface area contributed by atoms with E-state index in [1.165, 1.54) is 13.0 Å². The van der Waals surface area contributed by atoms with Gasteiger partial charge in [0, 0.05) is 24.7 Å². The maximum Gasteiger partial charge on any atom is 0.303 e. The van der Waals surface area contributed by atoms with Crippen LogP contribution in [0.3, 0.4) is 0 Å². The third-order valence-corrected chi connectivity index (χ3v) is 3.99. The Labute approximate surface area is 123 Å². The topological polar surface area (TPSA) is 113 Å². The molecule has 0 spiro atoms. The van der Waals surface area contributed by atoms with E-state index in [1.54, 1.807) is 19.1 Å². The number of hydrogen-bond donors (Lipinski definition) is 3. The third kappa shape index (κ3) is 6.26. The molecule has 3 N–H and O–H groups in total. The number of carbonyl (C=O) groups is 2. The second-order valence-electron chi connectivity index (χ2n) is 4.63. The predicted octanol–water partition coefficient (Wildman–Crippen LogP) is 1.56. The summed E-state index contributed by atoms with van der Waals surface area (Å²) < 4.78 is 25.9. The molecule has 21 heavy (non-hydrogen) atoms. The van der Waals surface area contributed by atoms with Crippen LogP contribution in [0.2, 0.25) is 0 Å². The van der Waals surface area contributed by atoms with E-state index in [9.17, 15) is 18.0 Å². The van der Waals surface area contributed by atoms with E-state index < -0.39 is 16.0 Å². The number of sulfonamides is 1. The first kappa shape index (κ1) is 17.0. The van der Waals surface area contributed by atoms with Crippen molar-refractivity contribution >= 4 is 33.3 Å². The molecular weight excluding hydrogens is 296 g/mol. The van der Waals surface area contributed by atoms with Crippen LogP contribution < -0.4 is 10.0 Å². The van der Waals surface area contributed by atoms with E-state index in [4.69, 9.17) is 5.11 Å². The Kier molecular flexibility index (Phi) is 5.71. The predicted molar refractivity (Wildman–Crippen MR) is 79.8 cm³/mol. The Morgan fingerprint density at radius 1 is 1.29 bits per heavy atom. The Morgan fingerprint density at radius 2 is 1.95 bits per heavy atom. The number of aryl methyl sites for hydroxylation is 1. The fourth-order valence-electron chi connectivity index (χ4n) is 1.70. The van der Waals surface area contributed by atoms with Gasteiger partial charge in [-0.3, -0.25) is 14.3 Å². The van der Waals surface area contributed by atoms with Crippen molar-refractivity contribution in [3.63, 3.8) is 0 Å². The molecule has 0 fully saturated rings. The minimum absolute atomic E-state index is 0.0492. The summed E-state index contributed by atoms with van der Waals surface area (Å²) in [4.78, 5) is 21.3. The van der Waals surface area contributed by atoms with Crippen molar-refractivity contribution in [3.8, 4) is 0 Å². The number of hydrogen-bond acceptors (Lipinski definition) is 4. The van der Waals surface area contributed by atoms with Crippen molar-refractivity contribution in [1.29, 1.82) is 0 Å². The van der Waals surface area contributed by atoms with Gasteiger partial charge in [-0.15, -0.1) is 0 Å². The van der Waals surface area contributed by atoms with Crippen LogP contribution in [0.1, 0.15) is 25.3 Å². The minimum Gasteiger partial charge on any atom is -0.481 e. The molecule has 0 saturated carbocycles. The monoisotopic (exact) mass is 314 g/mol. The van der Waals surface area contributed by atoms with Gasteiger partial charge in [0.2, 0.25) is 15.9 Å². The molecule has 0 heterocycles. The van der Waals surface area contributed by atoms with Crippen LogP contribution in [0.25, 0.3) is 0 Å². The molecule has 7 nitrogen and oxygen atoms in total. The zero-order valence-corrected chi connectivity index (χ0v) is 12.7. The molecule has 0 bridgehead atoms. The fourth-order valence-corrected chi connectivity index (χ4v) is 2.81. The first-order chi connectivity index (χ1) is 9.69. The smallest absolute Gasteiger partial charge is 0.303 e. The number of anilines is 2. The average Bonchev–Trinajstić information content (AvgIpc) is 2.31. The van der Waals surface area contributed by atoms with Crippen LogP contribution in [-0.4, -0.2) is 31.2 Å². The maximum absolute atomic E-state index is 11.8. The van der Waals surface area contributed by atoms with Crippen molar-refractivity contribution < 1.29 is 23.1 Å². The second-order valence-corrected chi connectivity index (χ2v) is 6.47. The number of carbonyl (C=O) groups excluding carboxylic acids is 1. The number of rotatable bonds is 7. The van der Waals surface area contributed by atoms with Gasteiger partial charge >= 0.3 is 5.97 Å². The molecule has 0 aliphatic carbocycles. The lowest BCUT2D eigenvalue weighted by Crippen LogP contribution is -2.17. The molecule has 0 aliphatic heterocycles. The van der Waals surface area contributed by atoms with E-state index in [2.05, 4.69) is 10.0 Å². The molecule has 1 aromatic carbocycles. The molecule has 1 amide bonds. The molecular formula is C13H18N2O5S. The van der Waals surface area contributed by atoms with Crippen LogP contribution in [0.4, 0.5) is 11.4 Å². The van der Waals surface area contributed by atoms with E-state index in [1.807, 2.05) is 0 Å². The highest BCUT2D eigenvalue weighted by atomic mass is 32.2. The summed E-state index contributed by atoms with van der Waals surface area (Å²) in [5, 5.41) is 11.1. The van der Waals surface area contributed by atoms with E-state index in [0.717, 1.165) is 5.56 Å². The lowest BCUT2D eigenvalue weighted by molar-refractivity contribution is -0.137. The summed E-state index contributed by atoms with van der Waals surface area (Å²) in [6, 6.07) is 4.73. The summed E-state index contributed by atoms with van der Waals surface area (Å²) in [5.74, 6) is -1.49. The molecule has 0 atom stereocenters. The highest BCUT2D eigenvalue weighted by Gasteiger charge is 2.12. The van der Waals surface area contributed by atoms with Gasteiger partial charge in [-0.2, -0.15) is 0 Å². The average molecular weight is 314 g/mol. The number of amides is 1. The number of carboxylic acid groups (broad SMARTS) is 1. The highest BCUT2D eigenvalue weighted by molar-refractivity contribution is 7.92. The number of carboxylic acids is 1. The van der Waals surface area contributed by atoms with Gasteiger partial charge in [-0.1, -0.05) is 0 Å². The maximum atomic E-state index is 11.8. The van der Waals surface area contributed by atoms with Crippen molar-refractivity contribution in [1.82, 2.24) is 0 Å². The van der Waals surface area contributed by atoms with Crippen molar-refractivity contribution in [2.75, 3.05) is 15.8 Å². The first-order valence-electron chi connectivity index (χ1n) is 6.30. The molecule has 8 heteroatoms. The minimum atomic E-state index is -3.58. The summed E-state index contributed by atoms with van der Waals surface area (Å²) in [6.45, 7) is 3.13. The summed E-state index contributed by atoms with van der Waals surface area (Å²) in [6.07, 6.45) is -0.144. The number of aliphatic carboxylic acids is 1. The van der Waals surface area contributed by atoms with Crippen molar-refractivity contribution in [2.24, 2.45) is 0 Å². The normalized spacial score (nSPS) is 11.0. The summed E-state index contributed by atoms with van der Waals surface area (Å²) in [7, 11) is -3.58. The van der Waals surface area contributed by atoms with Gasteiger partial charge in [0.25, 0.3) is 0 Å². The van der Waals surface area contributed by atoms with E-state index in [-0.39, 0.29) is 24.5 Å². The Bertz CT molecular complexity index is 640. The molecule has 0 unspecified atom stereocenters. The lowest BCUT2D eigenvalue weighted by atomic mass is 10.2. The Morgan fingerprint density at radius 3 is 2.48 bits per heavy atom. The second kappa shape index (κ2) is 7.07. The zero-order chi connectivity index (χ0) is 16.0. The molecule has 1 rings (SSSR count). The van der Waals surface area contributed by atoms with Crippen LogP contribution >= 0.6 is 0 Å². The fraction of sp³-hybridized carbons (Fsp3) is 0.385. The van der Waals surface area contributed by atoms with Crippen molar-refractivity contribution in [2.45, 2.75) is 26.7 Å². The van der Waals surface area contributed by atoms with Crippen LogP contribution in [-0.2, 0) is 19.6 Å². The van der Waals surface area contributed by atoms with Gasteiger partial charge < -0.3 is 10.4 Å². The first-order valence-corrected chi connectivity index (χ1v) is 7.95. The van der Waals surface area contributed by atoms with Crippen LogP contribution in [0.15, 0.2) is 18.2 Å². The van der Waals surface area contributed by atoms with Gasteiger partial charge in [-0.05, 0) is 37.1 Å². The summed E-state index contributed by atoms with van der Waals surface area (Å²) >= 11 is 0. The largest absolute Gasteiger partial charge is 0.481 e. The van der Waals surface area contributed by atoms with Gasteiger partial charge in [0.15, 0.2) is 0 Å². The van der Waals surface area contributed by atoms with Gasteiger partial charge in [0.1, 0.15) is 0 Å². The van der Waals surface area contributed by atoms with Crippen LogP contribution in [0, 0.1) is 6.92 Å². The standard InChI is InChI=1S/C13H18N2O5S/c1-9-8-11(5-6-12(9)14-10(2)16)15-21(19,20)7-3-4-13(17)18/h5-6,8,15H,3-4,7H2,1-2H3,(H,14,16)(H,17,18). The van der Waals surface area contributed by atoms with E-state index in [0.29, 0.717) is 11.4 Å². The Balaban J connectivity index is 2.72.